The molecule has 2 atom stereocenters. The van der Waals surface area contributed by atoms with Gasteiger partial charge in [0.25, 0.3) is 0 Å². The van der Waals surface area contributed by atoms with Crippen LogP contribution in [0.4, 0.5) is 0 Å². The van der Waals surface area contributed by atoms with Gasteiger partial charge in [-0.25, -0.2) is 0 Å². The highest BCUT2D eigenvalue weighted by Gasteiger charge is 2.36. The summed E-state index contributed by atoms with van der Waals surface area (Å²) >= 11 is 1.74. The number of nitrogens with zero attached hydrogens (tertiary/aromatic N) is 1. The van der Waals surface area contributed by atoms with Crippen LogP contribution in [0.2, 0.25) is 0 Å². The lowest BCUT2D eigenvalue weighted by atomic mass is 9.89. The van der Waals surface area contributed by atoms with Crippen molar-refractivity contribution in [2.75, 3.05) is 6.54 Å². The van der Waals surface area contributed by atoms with Gasteiger partial charge in [-0.1, -0.05) is 48.9 Å². The van der Waals surface area contributed by atoms with Crippen molar-refractivity contribution in [2.24, 2.45) is 0 Å². The van der Waals surface area contributed by atoms with Crippen molar-refractivity contribution in [1.29, 1.82) is 0 Å². The molecule has 134 valence electrons. The second-order valence-corrected chi connectivity index (χ2v) is 7.95. The van der Waals surface area contributed by atoms with Crippen LogP contribution >= 0.6 is 11.3 Å². The predicted molar refractivity (Wildman–Crippen MR) is 107 cm³/mol. The number of fused-ring (bicyclic) bond motifs is 1. The summed E-state index contributed by atoms with van der Waals surface area (Å²) in [6, 6.07) is 16.4. The molecule has 0 spiro atoms. The molecule has 1 aliphatic rings. The summed E-state index contributed by atoms with van der Waals surface area (Å²) in [6.45, 7) is 2.94. The zero-order valence-electron chi connectivity index (χ0n) is 14.9. The van der Waals surface area contributed by atoms with Gasteiger partial charge in [-0.15, -0.1) is 11.3 Å². The van der Waals surface area contributed by atoms with E-state index in [9.17, 15) is 9.90 Å². The van der Waals surface area contributed by atoms with Gasteiger partial charge < -0.3 is 5.11 Å². The highest BCUT2D eigenvalue weighted by molar-refractivity contribution is 7.17. The summed E-state index contributed by atoms with van der Waals surface area (Å²) in [5.41, 5.74) is 3.65. The van der Waals surface area contributed by atoms with Crippen LogP contribution in [0.5, 0.6) is 0 Å². The maximum absolute atomic E-state index is 12.0. The lowest BCUT2D eigenvalue weighted by Gasteiger charge is -2.40. The third-order valence-electron chi connectivity index (χ3n) is 5.45. The van der Waals surface area contributed by atoms with Crippen LogP contribution in [-0.2, 0) is 4.79 Å². The third kappa shape index (κ3) is 3.04. The summed E-state index contributed by atoms with van der Waals surface area (Å²) in [4.78, 5) is 14.2. The number of aliphatic carboxylic acids is 1. The Morgan fingerprint density at radius 2 is 1.88 bits per heavy atom. The van der Waals surface area contributed by atoms with Gasteiger partial charge in [0.1, 0.15) is 6.04 Å². The zero-order chi connectivity index (χ0) is 18.1. The van der Waals surface area contributed by atoms with Gasteiger partial charge in [-0.3, -0.25) is 9.69 Å². The maximum Gasteiger partial charge on any atom is 0.320 e. The quantitative estimate of drug-likeness (QED) is 0.687. The van der Waals surface area contributed by atoms with E-state index in [-0.39, 0.29) is 6.04 Å². The minimum absolute atomic E-state index is 0.0197. The number of hydrogen-bond acceptors (Lipinski definition) is 3. The van der Waals surface area contributed by atoms with E-state index in [0.29, 0.717) is 0 Å². The first-order valence-electron chi connectivity index (χ1n) is 9.17. The number of aryl methyl sites for hydroxylation is 1. The standard InChI is InChI=1S/C22H23NO2S/c1-15-8-2-3-9-16(15)21(23-13-7-6-11-19(23)22(24)25)18-14-26-20-12-5-4-10-17(18)20/h2-5,8-10,12,14,19,21H,6-7,11,13H2,1H3,(H,24,25). The highest BCUT2D eigenvalue weighted by atomic mass is 32.1. The van der Waals surface area contributed by atoms with Gasteiger partial charge in [-0.2, -0.15) is 0 Å². The molecule has 26 heavy (non-hydrogen) atoms. The number of likely N-dealkylation sites (tertiary alicyclic amines) is 1. The fraction of sp³-hybridized carbons (Fsp3) is 0.318. The topological polar surface area (TPSA) is 40.5 Å². The number of rotatable bonds is 4. The molecule has 1 aromatic heterocycles. The second-order valence-electron chi connectivity index (χ2n) is 7.03. The van der Waals surface area contributed by atoms with Crippen LogP contribution in [0.1, 0.15) is 42.0 Å². The maximum atomic E-state index is 12.0. The van der Waals surface area contributed by atoms with E-state index in [2.05, 4.69) is 59.7 Å². The molecule has 1 N–H and O–H groups in total. The van der Waals surface area contributed by atoms with E-state index in [1.54, 1.807) is 11.3 Å². The Bertz CT molecular complexity index is 933. The normalized spacial score (nSPS) is 19.5. The molecular formula is C22H23NO2S. The molecule has 1 saturated heterocycles. The van der Waals surface area contributed by atoms with Gasteiger partial charge >= 0.3 is 5.97 Å². The number of piperidine rings is 1. The van der Waals surface area contributed by atoms with Crippen molar-refractivity contribution < 1.29 is 9.90 Å². The van der Waals surface area contributed by atoms with Crippen LogP contribution < -0.4 is 0 Å². The lowest BCUT2D eigenvalue weighted by Crippen LogP contribution is -2.47. The van der Waals surface area contributed by atoms with Crippen molar-refractivity contribution in [2.45, 2.75) is 38.3 Å². The summed E-state index contributed by atoms with van der Waals surface area (Å²) < 4.78 is 1.25. The van der Waals surface area contributed by atoms with Crippen molar-refractivity contribution in [3.63, 3.8) is 0 Å². The number of carboxylic acid groups (broad SMARTS) is 1. The van der Waals surface area contributed by atoms with E-state index in [1.807, 2.05) is 6.07 Å². The van der Waals surface area contributed by atoms with Gasteiger partial charge in [-0.05, 0) is 59.8 Å². The minimum atomic E-state index is -0.706. The molecule has 2 heterocycles. The number of carbonyl (C=O) groups is 1. The molecular weight excluding hydrogens is 342 g/mol. The van der Waals surface area contributed by atoms with Crippen molar-refractivity contribution in [3.05, 3.63) is 70.6 Å². The predicted octanol–water partition coefficient (Wildman–Crippen LogP) is 5.24. The Labute approximate surface area is 157 Å². The second kappa shape index (κ2) is 7.22. The smallest absolute Gasteiger partial charge is 0.320 e. The fourth-order valence-electron chi connectivity index (χ4n) is 4.16. The Balaban J connectivity index is 1.90. The number of hydrogen-bond donors (Lipinski definition) is 1. The molecule has 0 radical (unpaired) electrons. The SMILES string of the molecule is Cc1ccccc1C(c1csc2ccccc12)N1CCCCC1C(=O)O. The third-order valence-corrected chi connectivity index (χ3v) is 6.43. The van der Waals surface area contributed by atoms with Crippen molar-refractivity contribution in [1.82, 2.24) is 4.90 Å². The Hall–Kier alpha value is -2.17. The van der Waals surface area contributed by atoms with E-state index in [1.165, 1.54) is 26.8 Å². The molecule has 0 bridgehead atoms. The summed E-state index contributed by atoms with van der Waals surface area (Å²) in [5.74, 6) is -0.706. The molecule has 1 aliphatic heterocycles. The fourth-order valence-corrected chi connectivity index (χ4v) is 5.14. The first kappa shape index (κ1) is 17.3. The monoisotopic (exact) mass is 365 g/mol. The molecule has 3 aromatic rings. The summed E-state index contributed by atoms with van der Waals surface area (Å²) in [5, 5.41) is 13.3. The van der Waals surface area contributed by atoms with Gasteiger partial charge in [0, 0.05) is 4.70 Å². The first-order chi connectivity index (χ1) is 12.7. The average molecular weight is 365 g/mol. The van der Waals surface area contributed by atoms with E-state index in [0.717, 1.165) is 25.8 Å². The average Bonchev–Trinajstić information content (AvgIpc) is 3.08. The van der Waals surface area contributed by atoms with E-state index in [4.69, 9.17) is 0 Å². The molecule has 2 unspecified atom stereocenters. The molecule has 1 fully saturated rings. The largest absolute Gasteiger partial charge is 0.480 e. The van der Waals surface area contributed by atoms with Gasteiger partial charge in [0.15, 0.2) is 0 Å². The van der Waals surface area contributed by atoms with Crippen LogP contribution in [-0.4, -0.2) is 28.6 Å². The van der Waals surface area contributed by atoms with Crippen LogP contribution in [0.15, 0.2) is 53.9 Å². The van der Waals surface area contributed by atoms with Crippen LogP contribution in [0.25, 0.3) is 10.1 Å². The van der Waals surface area contributed by atoms with E-state index >= 15 is 0 Å². The number of benzene rings is 2. The summed E-state index contributed by atoms with van der Waals surface area (Å²) in [7, 11) is 0. The Morgan fingerprint density at radius 3 is 2.69 bits per heavy atom. The van der Waals surface area contributed by atoms with Crippen molar-refractivity contribution in [3.8, 4) is 0 Å². The molecule has 4 heteroatoms. The molecule has 0 aliphatic carbocycles. The minimum Gasteiger partial charge on any atom is -0.480 e. The molecule has 3 nitrogen and oxygen atoms in total. The van der Waals surface area contributed by atoms with Crippen LogP contribution in [0, 0.1) is 6.92 Å². The molecule has 0 saturated carbocycles. The van der Waals surface area contributed by atoms with Crippen LogP contribution in [0.3, 0.4) is 0 Å². The van der Waals surface area contributed by atoms with Gasteiger partial charge in [0.2, 0.25) is 0 Å². The number of thiophene rings is 1. The lowest BCUT2D eigenvalue weighted by molar-refractivity contribution is -0.145. The van der Waals surface area contributed by atoms with Crippen molar-refractivity contribution >= 4 is 27.4 Å². The van der Waals surface area contributed by atoms with Gasteiger partial charge in [0.05, 0.1) is 6.04 Å². The number of carboxylic acids is 1. The Morgan fingerprint density at radius 1 is 1.12 bits per heavy atom. The molecule has 4 rings (SSSR count). The zero-order valence-corrected chi connectivity index (χ0v) is 15.7. The Kier molecular flexibility index (Phi) is 4.79. The molecule has 2 aromatic carbocycles. The molecule has 0 amide bonds. The van der Waals surface area contributed by atoms with E-state index < -0.39 is 12.0 Å². The summed E-state index contributed by atoms with van der Waals surface area (Å²) in [6.07, 6.45) is 2.76. The first-order valence-corrected chi connectivity index (χ1v) is 10.0. The highest BCUT2D eigenvalue weighted by Crippen LogP contribution is 2.40.